The van der Waals surface area contributed by atoms with Crippen molar-refractivity contribution in [2.45, 2.75) is 25.7 Å². The van der Waals surface area contributed by atoms with Crippen LogP contribution < -0.4 is 0 Å². The van der Waals surface area contributed by atoms with Gasteiger partial charge >= 0.3 is 7.60 Å². The predicted molar refractivity (Wildman–Crippen MR) is 89.0 cm³/mol. The molecule has 1 aliphatic rings. The van der Waals surface area contributed by atoms with Crippen LogP contribution in [0.4, 0.5) is 4.39 Å². The molecule has 0 spiro atoms. The SMILES string of the molecule is CCOP(=O)(O)C(c1ccccc1F)N1CCc2sccc2C1. The highest BCUT2D eigenvalue weighted by Gasteiger charge is 2.41. The van der Waals surface area contributed by atoms with Crippen molar-refractivity contribution < 1.29 is 18.4 Å². The summed E-state index contributed by atoms with van der Waals surface area (Å²) in [7, 11) is -4.02. The zero-order valence-electron chi connectivity index (χ0n) is 12.8. The van der Waals surface area contributed by atoms with E-state index < -0.39 is 19.2 Å². The molecule has 23 heavy (non-hydrogen) atoms. The molecule has 7 heteroatoms. The van der Waals surface area contributed by atoms with Gasteiger partial charge in [-0.2, -0.15) is 0 Å². The van der Waals surface area contributed by atoms with Crippen LogP contribution in [0.2, 0.25) is 0 Å². The summed E-state index contributed by atoms with van der Waals surface area (Å²) in [5, 5.41) is 2.02. The third-order valence-electron chi connectivity index (χ3n) is 3.99. The van der Waals surface area contributed by atoms with E-state index in [4.69, 9.17) is 4.52 Å². The number of thiophene rings is 1. The summed E-state index contributed by atoms with van der Waals surface area (Å²) >= 11 is 1.69. The van der Waals surface area contributed by atoms with E-state index in [1.165, 1.54) is 10.9 Å². The van der Waals surface area contributed by atoms with Crippen molar-refractivity contribution in [3.8, 4) is 0 Å². The molecule has 4 nitrogen and oxygen atoms in total. The Morgan fingerprint density at radius 1 is 1.43 bits per heavy atom. The summed E-state index contributed by atoms with van der Waals surface area (Å²) < 4.78 is 32.2. The summed E-state index contributed by atoms with van der Waals surface area (Å²) in [4.78, 5) is 13.6. The third kappa shape index (κ3) is 3.42. The molecular weight excluding hydrogens is 336 g/mol. The van der Waals surface area contributed by atoms with E-state index in [0.717, 1.165) is 12.0 Å². The van der Waals surface area contributed by atoms with E-state index in [-0.39, 0.29) is 12.2 Å². The second-order valence-electron chi connectivity index (χ2n) is 5.47. The molecule has 0 saturated heterocycles. The molecule has 0 aliphatic carbocycles. The number of fused-ring (bicyclic) bond motifs is 1. The summed E-state index contributed by atoms with van der Waals surface area (Å²) in [6, 6.07) is 8.15. The highest BCUT2D eigenvalue weighted by Crippen LogP contribution is 2.59. The maximum Gasteiger partial charge on any atom is 0.349 e. The highest BCUT2D eigenvalue weighted by atomic mass is 32.1. The maximum atomic E-state index is 14.3. The molecule has 1 N–H and O–H groups in total. The lowest BCUT2D eigenvalue weighted by Gasteiger charge is -2.36. The number of hydrogen-bond acceptors (Lipinski definition) is 4. The minimum atomic E-state index is -4.02. The normalized spacial score (nSPS) is 19.1. The quantitative estimate of drug-likeness (QED) is 0.818. The molecule has 0 bridgehead atoms. The fraction of sp³-hybridized carbons (Fsp3) is 0.375. The second kappa shape index (κ2) is 6.83. The van der Waals surface area contributed by atoms with Gasteiger partial charge in [0.2, 0.25) is 0 Å². The van der Waals surface area contributed by atoms with Crippen molar-refractivity contribution in [2.75, 3.05) is 13.2 Å². The Bertz CT molecular complexity index is 736. The van der Waals surface area contributed by atoms with E-state index >= 15 is 0 Å². The van der Waals surface area contributed by atoms with Crippen LogP contribution in [0.1, 0.15) is 28.7 Å². The lowest BCUT2D eigenvalue weighted by Crippen LogP contribution is -2.34. The number of halogens is 1. The number of hydrogen-bond donors (Lipinski definition) is 1. The molecule has 0 radical (unpaired) electrons. The molecule has 1 aromatic heterocycles. The maximum absolute atomic E-state index is 14.3. The van der Waals surface area contributed by atoms with Crippen LogP contribution in [0.5, 0.6) is 0 Å². The fourth-order valence-corrected chi connectivity index (χ4v) is 5.57. The van der Waals surface area contributed by atoms with Gasteiger partial charge in [0.15, 0.2) is 0 Å². The zero-order valence-corrected chi connectivity index (χ0v) is 14.5. The molecule has 1 aliphatic heterocycles. The van der Waals surface area contributed by atoms with Gasteiger partial charge in [0.25, 0.3) is 0 Å². The average molecular weight is 355 g/mol. The van der Waals surface area contributed by atoms with E-state index in [0.29, 0.717) is 13.1 Å². The van der Waals surface area contributed by atoms with Gasteiger partial charge in [-0.3, -0.25) is 9.46 Å². The topological polar surface area (TPSA) is 49.8 Å². The van der Waals surface area contributed by atoms with Crippen molar-refractivity contribution in [3.05, 3.63) is 57.5 Å². The van der Waals surface area contributed by atoms with Crippen molar-refractivity contribution in [1.82, 2.24) is 4.90 Å². The molecule has 124 valence electrons. The third-order valence-corrected chi connectivity index (χ3v) is 6.86. The molecule has 2 unspecified atom stereocenters. The Labute approximate surface area is 139 Å². The molecule has 3 rings (SSSR count). The molecule has 0 saturated carbocycles. The van der Waals surface area contributed by atoms with Crippen LogP contribution >= 0.6 is 18.9 Å². The Hall–Kier alpha value is -1.04. The number of rotatable bonds is 5. The van der Waals surface area contributed by atoms with Crippen molar-refractivity contribution in [2.24, 2.45) is 0 Å². The van der Waals surface area contributed by atoms with Crippen molar-refractivity contribution >= 4 is 18.9 Å². The molecule has 2 atom stereocenters. The smallest absolute Gasteiger partial charge is 0.323 e. The van der Waals surface area contributed by atoms with Gasteiger partial charge in [0.05, 0.1) is 6.61 Å². The first-order valence-electron chi connectivity index (χ1n) is 7.53. The van der Waals surface area contributed by atoms with Gasteiger partial charge in [-0.1, -0.05) is 18.2 Å². The monoisotopic (exact) mass is 355 g/mol. The van der Waals surface area contributed by atoms with Crippen molar-refractivity contribution in [1.29, 1.82) is 0 Å². The second-order valence-corrected chi connectivity index (χ2v) is 8.34. The standard InChI is InChI=1S/C16H19FNO3PS/c1-2-21-22(19,20)16(13-5-3-4-6-14(13)17)18-9-7-15-12(11-18)8-10-23-15/h3-6,8,10,16H,2,7,9,11H2,1H3,(H,19,20). The van der Waals surface area contributed by atoms with E-state index in [1.54, 1.807) is 36.5 Å². The fourth-order valence-electron chi connectivity index (χ4n) is 3.00. The summed E-state index contributed by atoms with van der Waals surface area (Å²) in [6.07, 6.45) is 0.796. The number of nitrogens with zero attached hydrogens (tertiary/aromatic N) is 1. The van der Waals surface area contributed by atoms with Crippen molar-refractivity contribution in [3.63, 3.8) is 0 Å². The Kier molecular flexibility index (Phi) is 4.99. The van der Waals surface area contributed by atoms with E-state index in [2.05, 4.69) is 0 Å². The molecule has 0 amide bonds. The predicted octanol–water partition coefficient (Wildman–Crippen LogP) is 4.17. The first kappa shape index (κ1) is 16.8. The molecular formula is C16H19FNO3PS. The largest absolute Gasteiger partial charge is 0.349 e. The molecule has 0 fully saturated rings. The Morgan fingerprint density at radius 3 is 2.96 bits per heavy atom. The van der Waals surface area contributed by atoms with Crippen LogP contribution in [-0.4, -0.2) is 22.9 Å². The highest BCUT2D eigenvalue weighted by molar-refractivity contribution is 7.53. The van der Waals surface area contributed by atoms with E-state index in [1.807, 2.05) is 16.3 Å². The Balaban J connectivity index is 2.00. The molecule has 2 aromatic rings. The van der Waals surface area contributed by atoms with Gasteiger partial charge in [-0.05, 0) is 36.4 Å². The van der Waals surface area contributed by atoms with E-state index in [9.17, 15) is 13.8 Å². The van der Waals surface area contributed by atoms with Gasteiger partial charge in [-0.25, -0.2) is 4.39 Å². The summed E-state index contributed by atoms with van der Waals surface area (Å²) in [5.74, 6) is -1.47. The average Bonchev–Trinajstić information content (AvgIpc) is 2.97. The summed E-state index contributed by atoms with van der Waals surface area (Å²) in [6.45, 7) is 2.89. The van der Waals surface area contributed by atoms with Crippen LogP contribution in [0.15, 0.2) is 35.7 Å². The summed E-state index contributed by atoms with van der Waals surface area (Å²) in [5.41, 5.74) is 1.35. The van der Waals surface area contributed by atoms with Gasteiger partial charge in [0, 0.05) is 23.5 Å². The van der Waals surface area contributed by atoms with Crippen LogP contribution in [0.3, 0.4) is 0 Å². The lowest BCUT2D eigenvalue weighted by atomic mass is 10.1. The van der Waals surface area contributed by atoms with Crippen LogP contribution in [-0.2, 0) is 22.1 Å². The van der Waals surface area contributed by atoms with Crippen LogP contribution in [0.25, 0.3) is 0 Å². The molecule has 1 aromatic carbocycles. The van der Waals surface area contributed by atoms with Gasteiger partial charge in [0.1, 0.15) is 11.6 Å². The number of benzene rings is 1. The minimum absolute atomic E-state index is 0.107. The minimum Gasteiger partial charge on any atom is -0.323 e. The van der Waals surface area contributed by atoms with Gasteiger partial charge in [-0.15, -0.1) is 11.3 Å². The first-order valence-corrected chi connectivity index (χ1v) is 10.1. The van der Waals surface area contributed by atoms with Crippen LogP contribution in [0, 0.1) is 5.82 Å². The Morgan fingerprint density at radius 2 is 2.22 bits per heavy atom. The lowest BCUT2D eigenvalue weighted by molar-refractivity contribution is 0.176. The zero-order chi connectivity index (χ0) is 16.4. The van der Waals surface area contributed by atoms with Gasteiger partial charge < -0.3 is 9.42 Å². The first-order chi connectivity index (χ1) is 11.0. The molecule has 2 heterocycles.